The molecule has 1 saturated heterocycles. The van der Waals surface area contributed by atoms with E-state index in [1.54, 1.807) is 13.4 Å². The molecule has 2 N–H and O–H groups in total. The summed E-state index contributed by atoms with van der Waals surface area (Å²) in [6.45, 7) is 7.97. The molecule has 1 aromatic carbocycles. The van der Waals surface area contributed by atoms with Gasteiger partial charge in [-0.1, -0.05) is 31.0 Å². The lowest BCUT2D eigenvalue weighted by Crippen LogP contribution is -2.57. The van der Waals surface area contributed by atoms with Gasteiger partial charge in [-0.15, -0.1) is 4.98 Å². The zero-order valence-electron chi connectivity index (χ0n) is 22.0. The van der Waals surface area contributed by atoms with Gasteiger partial charge in [-0.3, -0.25) is 14.6 Å². The molecule has 4 rings (SSSR count). The van der Waals surface area contributed by atoms with E-state index in [2.05, 4.69) is 20.2 Å². The average Bonchev–Trinajstić information content (AvgIpc) is 3.43. The number of carbonyl (C=O) groups excluding carboxylic acids is 2. The lowest BCUT2D eigenvalue weighted by molar-refractivity contribution is -0.602. The Morgan fingerprint density at radius 2 is 2.00 bits per heavy atom. The van der Waals surface area contributed by atoms with Gasteiger partial charge in [-0.05, 0) is 31.0 Å². The lowest BCUT2D eigenvalue weighted by atomic mass is 10.0. The molecule has 10 heteroatoms. The number of nitrogens with zero attached hydrogens (tertiary/aromatic N) is 5. The van der Waals surface area contributed by atoms with Crippen molar-refractivity contribution >= 4 is 17.6 Å². The summed E-state index contributed by atoms with van der Waals surface area (Å²) in [6, 6.07) is 9.52. The van der Waals surface area contributed by atoms with Crippen molar-refractivity contribution in [3.05, 3.63) is 60.3 Å². The molecular weight excluding hydrogens is 470 g/mol. The average molecular weight is 507 g/mol. The number of piperazine rings is 1. The Morgan fingerprint density at radius 3 is 2.68 bits per heavy atom. The van der Waals surface area contributed by atoms with Crippen LogP contribution in [0.1, 0.15) is 31.5 Å². The first-order valence-electron chi connectivity index (χ1n) is 12.7. The van der Waals surface area contributed by atoms with Gasteiger partial charge in [0.1, 0.15) is 11.4 Å². The smallest absolute Gasteiger partial charge is 0.391 e. The third kappa shape index (κ3) is 6.63. The summed E-state index contributed by atoms with van der Waals surface area (Å²) in [4.78, 5) is 42.2. The third-order valence-electron chi connectivity index (χ3n) is 6.50. The van der Waals surface area contributed by atoms with Crippen molar-refractivity contribution in [2.24, 2.45) is 5.92 Å². The molecule has 3 heterocycles. The Kier molecular flexibility index (Phi) is 8.37. The molecule has 1 fully saturated rings. The van der Waals surface area contributed by atoms with E-state index >= 15 is 0 Å². The van der Waals surface area contributed by atoms with Crippen LogP contribution in [-0.2, 0) is 16.0 Å². The number of benzene rings is 1. The normalized spacial score (nSPS) is 15.6. The van der Waals surface area contributed by atoms with E-state index in [-0.39, 0.29) is 30.2 Å². The molecule has 0 aliphatic carbocycles. The number of H-pyrrole nitrogens is 1. The molecule has 1 aliphatic rings. The number of methoxy groups -OCH3 is 1. The Balaban J connectivity index is 1.43. The number of anilines is 1. The molecule has 196 valence electrons. The second-order valence-electron chi connectivity index (χ2n) is 9.62. The van der Waals surface area contributed by atoms with Crippen molar-refractivity contribution in [2.45, 2.75) is 39.7 Å². The van der Waals surface area contributed by atoms with E-state index in [1.807, 2.05) is 73.0 Å². The van der Waals surface area contributed by atoms with E-state index in [0.29, 0.717) is 32.1 Å². The van der Waals surface area contributed by atoms with Crippen molar-refractivity contribution in [3.63, 3.8) is 0 Å². The number of carbonyl (C=O) groups is 2. The minimum atomic E-state index is -0.247. The highest BCUT2D eigenvalue weighted by Gasteiger charge is 2.34. The number of hydrogen-bond acceptors (Lipinski definition) is 6. The topological polar surface area (TPSA) is 107 Å². The third-order valence-corrected chi connectivity index (χ3v) is 6.50. The van der Waals surface area contributed by atoms with Gasteiger partial charge in [0, 0.05) is 44.6 Å². The first kappa shape index (κ1) is 26.1. The molecule has 37 heavy (non-hydrogen) atoms. The maximum absolute atomic E-state index is 13.0. The highest BCUT2D eigenvalue weighted by atomic mass is 16.5. The fourth-order valence-corrected chi connectivity index (χ4v) is 4.51. The number of aromatic amines is 1. The standard InChI is InChI=1S/C27H35N7O3/c1-19(2)26(36)34-14-13-32(24-15-20(3)30-27(31-24)33-12-11-28-18-33)17-22(34)16-25(35)29-10-9-21-5-7-23(37-4)8-6-21/h5-8,11-12,15,18-19,22H,9-10,13-14,16-17H2,1-4H3,(H,29,35)/p+1/t22-/m1/s1. The number of ether oxygens (including phenoxy) is 1. The monoisotopic (exact) mass is 506 g/mol. The van der Waals surface area contributed by atoms with Crippen LogP contribution in [0.25, 0.3) is 5.95 Å². The zero-order chi connectivity index (χ0) is 26.4. The molecule has 0 radical (unpaired) electrons. The molecule has 2 aromatic heterocycles. The molecule has 3 aromatic rings. The van der Waals surface area contributed by atoms with Gasteiger partial charge in [0.15, 0.2) is 12.1 Å². The molecule has 2 amide bonds. The predicted molar refractivity (Wildman–Crippen MR) is 140 cm³/mol. The van der Waals surface area contributed by atoms with Crippen molar-refractivity contribution in [1.29, 1.82) is 0 Å². The van der Waals surface area contributed by atoms with Crippen LogP contribution < -0.4 is 19.5 Å². The Morgan fingerprint density at radius 1 is 1.22 bits per heavy atom. The van der Waals surface area contributed by atoms with Crippen LogP contribution in [0.4, 0.5) is 5.82 Å². The van der Waals surface area contributed by atoms with E-state index in [9.17, 15) is 9.59 Å². The van der Waals surface area contributed by atoms with Crippen LogP contribution in [-0.4, -0.2) is 71.0 Å². The fraction of sp³-hybridized carbons (Fsp3) is 0.444. The summed E-state index contributed by atoms with van der Waals surface area (Å²) < 4.78 is 7.02. The SMILES string of the molecule is COc1ccc(CCNC(=O)C[C@@H]2CN(c3cc(C)nc(-[n+]4cc[nH]c4)n3)CCN2C(=O)C(C)C)cc1. The second-order valence-corrected chi connectivity index (χ2v) is 9.62. The molecule has 0 spiro atoms. The predicted octanol–water partition coefficient (Wildman–Crippen LogP) is 1.82. The van der Waals surface area contributed by atoms with E-state index in [4.69, 9.17) is 9.72 Å². The van der Waals surface area contributed by atoms with Crippen molar-refractivity contribution in [3.8, 4) is 11.7 Å². The van der Waals surface area contributed by atoms with Crippen molar-refractivity contribution < 1.29 is 18.9 Å². The van der Waals surface area contributed by atoms with Crippen LogP contribution in [0.5, 0.6) is 5.75 Å². The van der Waals surface area contributed by atoms with Crippen LogP contribution in [0, 0.1) is 12.8 Å². The molecular formula is C27H36N7O3+. The first-order valence-corrected chi connectivity index (χ1v) is 12.7. The highest BCUT2D eigenvalue weighted by Crippen LogP contribution is 2.22. The van der Waals surface area contributed by atoms with Crippen LogP contribution in [0.2, 0.25) is 0 Å². The summed E-state index contributed by atoms with van der Waals surface area (Å²) in [5.41, 5.74) is 1.97. The number of imidazole rings is 1. The quantitative estimate of drug-likeness (QED) is 0.429. The van der Waals surface area contributed by atoms with Gasteiger partial charge in [-0.25, -0.2) is 0 Å². The van der Waals surface area contributed by atoms with E-state index < -0.39 is 0 Å². The Labute approximate surface area is 217 Å². The number of nitrogens with one attached hydrogen (secondary N) is 2. The number of amides is 2. The fourth-order valence-electron chi connectivity index (χ4n) is 4.51. The summed E-state index contributed by atoms with van der Waals surface area (Å²) in [6.07, 6.45) is 6.42. The number of aromatic nitrogens is 4. The molecule has 1 aliphatic heterocycles. The maximum atomic E-state index is 13.0. The van der Waals surface area contributed by atoms with Crippen LogP contribution in [0.15, 0.2) is 49.1 Å². The van der Waals surface area contributed by atoms with Gasteiger partial charge < -0.3 is 19.9 Å². The van der Waals surface area contributed by atoms with E-state index in [1.165, 1.54) is 0 Å². The largest absolute Gasteiger partial charge is 0.497 e. The van der Waals surface area contributed by atoms with Gasteiger partial charge in [0.05, 0.1) is 25.5 Å². The number of hydrogen-bond donors (Lipinski definition) is 2. The van der Waals surface area contributed by atoms with Gasteiger partial charge in [0.25, 0.3) is 0 Å². The number of aryl methyl sites for hydroxylation is 1. The number of rotatable bonds is 9. The minimum absolute atomic E-state index is 0.0654. The molecule has 10 nitrogen and oxygen atoms in total. The summed E-state index contributed by atoms with van der Waals surface area (Å²) >= 11 is 0. The zero-order valence-corrected chi connectivity index (χ0v) is 22.0. The maximum Gasteiger partial charge on any atom is 0.391 e. The van der Waals surface area contributed by atoms with Crippen molar-refractivity contribution in [2.75, 3.05) is 38.2 Å². The highest BCUT2D eigenvalue weighted by molar-refractivity contribution is 5.81. The van der Waals surface area contributed by atoms with Crippen molar-refractivity contribution in [1.82, 2.24) is 25.2 Å². The van der Waals surface area contributed by atoms with E-state index in [0.717, 1.165) is 29.2 Å². The Bertz CT molecular complexity index is 1200. The second kappa shape index (κ2) is 11.9. The van der Waals surface area contributed by atoms with Crippen LogP contribution >= 0.6 is 0 Å². The summed E-state index contributed by atoms with van der Waals surface area (Å²) in [7, 11) is 1.64. The Hall–Kier alpha value is -3.95. The molecule has 0 unspecified atom stereocenters. The van der Waals surface area contributed by atoms with Gasteiger partial charge in [-0.2, -0.15) is 4.57 Å². The summed E-state index contributed by atoms with van der Waals surface area (Å²) in [5, 5.41) is 3.03. The molecule has 1 atom stereocenters. The molecule has 0 bridgehead atoms. The lowest BCUT2D eigenvalue weighted by Gasteiger charge is -2.42. The first-order chi connectivity index (χ1) is 17.8. The van der Waals surface area contributed by atoms with Crippen LogP contribution in [0.3, 0.4) is 0 Å². The summed E-state index contributed by atoms with van der Waals surface area (Å²) in [5.74, 6) is 2.04. The molecule has 0 saturated carbocycles. The van der Waals surface area contributed by atoms with Gasteiger partial charge in [0.2, 0.25) is 11.8 Å². The minimum Gasteiger partial charge on any atom is -0.497 e. The van der Waals surface area contributed by atoms with Gasteiger partial charge >= 0.3 is 5.95 Å².